The van der Waals surface area contributed by atoms with Crippen LogP contribution in [0.2, 0.25) is 5.15 Å². The van der Waals surface area contributed by atoms with Gasteiger partial charge in [-0.15, -0.1) is 0 Å². The van der Waals surface area contributed by atoms with Crippen molar-refractivity contribution in [2.24, 2.45) is 5.92 Å². The van der Waals surface area contributed by atoms with Crippen LogP contribution in [0.4, 0.5) is 0 Å². The van der Waals surface area contributed by atoms with E-state index < -0.39 is 0 Å². The highest BCUT2D eigenvalue weighted by Gasteiger charge is 2.27. The minimum atomic E-state index is 0.0721. The maximum atomic E-state index is 11.9. The lowest BCUT2D eigenvalue weighted by Crippen LogP contribution is -2.27. The van der Waals surface area contributed by atoms with E-state index in [1.54, 1.807) is 12.3 Å². The van der Waals surface area contributed by atoms with Crippen molar-refractivity contribution in [3.8, 4) is 0 Å². The second-order valence-electron chi connectivity index (χ2n) is 4.24. The minimum Gasteiger partial charge on any atom is -0.334 e. The third kappa shape index (κ3) is 1.97. The molecule has 2 heterocycles. The smallest absolute Gasteiger partial charge is 0.256 e. The van der Waals surface area contributed by atoms with Crippen LogP contribution in [0.3, 0.4) is 0 Å². The minimum absolute atomic E-state index is 0.0721. The number of carbonyl (C=O) groups excluding carboxylic acids is 1. The second-order valence-corrected chi connectivity index (χ2v) is 4.63. The molecule has 0 spiro atoms. The molecule has 0 aliphatic carbocycles. The first-order chi connectivity index (χ1) is 7.08. The molecule has 0 unspecified atom stereocenters. The van der Waals surface area contributed by atoms with Crippen LogP contribution in [0.5, 0.6) is 0 Å². The van der Waals surface area contributed by atoms with E-state index in [2.05, 4.69) is 18.8 Å². The topological polar surface area (TPSA) is 33.2 Å². The molecular weight excluding hydrogens is 212 g/mol. The standard InChI is InChI=1S/C11H13ClN2O/c1-7(2)5-14-6-8-3-10(12)13-4-9(8)11(14)15/h3-4,7H,5-6H2,1-2H3. The van der Waals surface area contributed by atoms with Gasteiger partial charge in [-0.1, -0.05) is 25.4 Å². The van der Waals surface area contributed by atoms with Gasteiger partial charge in [0, 0.05) is 19.3 Å². The maximum Gasteiger partial charge on any atom is 0.256 e. The molecule has 0 aromatic carbocycles. The highest BCUT2D eigenvalue weighted by Crippen LogP contribution is 2.24. The van der Waals surface area contributed by atoms with E-state index in [-0.39, 0.29) is 5.91 Å². The maximum absolute atomic E-state index is 11.9. The predicted octanol–water partition coefficient (Wildman–Crippen LogP) is 2.35. The third-order valence-corrected chi connectivity index (χ3v) is 2.63. The lowest BCUT2D eigenvalue weighted by Gasteiger charge is -2.17. The molecule has 1 aromatic rings. The fraction of sp³-hybridized carbons (Fsp3) is 0.455. The Hall–Kier alpha value is -1.09. The number of rotatable bonds is 2. The molecule has 0 bridgehead atoms. The van der Waals surface area contributed by atoms with E-state index in [4.69, 9.17) is 11.6 Å². The Kier molecular flexibility index (Phi) is 2.65. The third-order valence-electron chi connectivity index (χ3n) is 2.42. The highest BCUT2D eigenvalue weighted by molar-refractivity contribution is 6.29. The van der Waals surface area contributed by atoms with Crippen molar-refractivity contribution in [1.29, 1.82) is 0 Å². The Balaban J connectivity index is 2.25. The fourth-order valence-corrected chi connectivity index (χ4v) is 2.01. The van der Waals surface area contributed by atoms with Crippen LogP contribution in [-0.2, 0) is 6.54 Å². The zero-order valence-electron chi connectivity index (χ0n) is 8.83. The summed E-state index contributed by atoms with van der Waals surface area (Å²) >= 11 is 5.78. The summed E-state index contributed by atoms with van der Waals surface area (Å²) in [6, 6.07) is 1.77. The van der Waals surface area contributed by atoms with Gasteiger partial charge in [-0.2, -0.15) is 0 Å². The van der Waals surface area contributed by atoms with Gasteiger partial charge in [-0.05, 0) is 17.5 Å². The number of aromatic nitrogens is 1. The van der Waals surface area contributed by atoms with Crippen molar-refractivity contribution in [2.45, 2.75) is 20.4 Å². The van der Waals surface area contributed by atoms with Gasteiger partial charge in [0.2, 0.25) is 0 Å². The molecule has 1 amide bonds. The van der Waals surface area contributed by atoms with Crippen molar-refractivity contribution in [1.82, 2.24) is 9.88 Å². The summed E-state index contributed by atoms with van der Waals surface area (Å²) in [5.41, 5.74) is 1.68. The number of amides is 1. The Morgan fingerprint density at radius 2 is 2.33 bits per heavy atom. The molecule has 1 aromatic heterocycles. The van der Waals surface area contributed by atoms with Gasteiger partial charge in [0.15, 0.2) is 0 Å². The zero-order chi connectivity index (χ0) is 11.0. The van der Waals surface area contributed by atoms with Crippen LogP contribution in [0, 0.1) is 5.92 Å². The van der Waals surface area contributed by atoms with Gasteiger partial charge < -0.3 is 4.90 Å². The van der Waals surface area contributed by atoms with Crippen LogP contribution in [0.25, 0.3) is 0 Å². The van der Waals surface area contributed by atoms with Crippen LogP contribution in [0.1, 0.15) is 29.8 Å². The lowest BCUT2D eigenvalue weighted by atomic mass is 10.2. The van der Waals surface area contributed by atoms with Gasteiger partial charge in [0.1, 0.15) is 5.15 Å². The SMILES string of the molecule is CC(C)CN1Cc2cc(Cl)ncc2C1=O. The molecular formula is C11H13ClN2O. The lowest BCUT2D eigenvalue weighted by molar-refractivity contribution is 0.0759. The molecule has 80 valence electrons. The van der Waals surface area contributed by atoms with E-state index in [9.17, 15) is 4.79 Å². The van der Waals surface area contributed by atoms with Crippen molar-refractivity contribution in [3.63, 3.8) is 0 Å². The van der Waals surface area contributed by atoms with E-state index in [1.165, 1.54) is 0 Å². The van der Waals surface area contributed by atoms with E-state index >= 15 is 0 Å². The Bertz CT molecular complexity index is 404. The fourth-order valence-electron chi connectivity index (χ4n) is 1.83. The average Bonchev–Trinajstić information content (AvgIpc) is 2.42. The summed E-state index contributed by atoms with van der Waals surface area (Å²) in [5, 5.41) is 0.452. The first-order valence-corrected chi connectivity index (χ1v) is 5.39. The number of hydrogen-bond donors (Lipinski definition) is 0. The van der Waals surface area contributed by atoms with Crippen molar-refractivity contribution in [2.75, 3.05) is 6.54 Å². The molecule has 4 heteroatoms. The molecule has 0 saturated heterocycles. The van der Waals surface area contributed by atoms with Gasteiger partial charge in [-0.3, -0.25) is 4.79 Å². The van der Waals surface area contributed by atoms with E-state index in [0.717, 1.165) is 12.1 Å². The number of pyridine rings is 1. The molecule has 0 atom stereocenters. The van der Waals surface area contributed by atoms with Gasteiger partial charge in [-0.25, -0.2) is 4.98 Å². The Labute approximate surface area is 94.1 Å². The molecule has 2 rings (SSSR count). The van der Waals surface area contributed by atoms with Crippen molar-refractivity contribution in [3.05, 3.63) is 28.5 Å². The number of fused-ring (bicyclic) bond motifs is 1. The number of nitrogens with zero attached hydrogens (tertiary/aromatic N) is 2. The monoisotopic (exact) mass is 224 g/mol. The molecule has 0 radical (unpaired) electrons. The summed E-state index contributed by atoms with van der Waals surface area (Å²) in [7, 11) is 0. The van der Waals surface area contributed by atoms with Gasteiger partial charge in [0.05, 0.1) is 5.56 Å². The van der Waals surface area contributed by atoms with E-state index in [1.807, 2.05) is 4.90 Å². The first kappa shape index (κ1) is 10.4. The predicted molar refractivity (Wildman–Crippen MR) is 58.8 cm³/mol. The molecule has 0 fully saturated rings. The molecule has 1 aliphatic heterocycles. The van der Waals surface area contributed by atoms with E-state index in [0.29, 0.717) is 23.2 Å². The van der Waals surface area contributed by atoms with Crippen LogP contribution in [0.15, 0.2) is 12.3 Å². The van der Waals surface area contributed by atoms with Gasteiger partial charge in [0.25, 0.3) is 5.91 Å². The molecule has 0 saturated carbocycles. The summed E-state index contributed by atoms with van der Waals surface area (Å²) in [5.74, 6) is 0.551. The zero-order valence-corrected chi connectivity index (χ0v) is 9.58. The second kappa shape index (κ2) is 3.81. The Morgan fingerprint density at radius 1 is 1.60 bits per heavy atom. The van der Waals surface area contributed by atoms with Crippen LogP contribution < -0.4 is 0 Å². The number of hydrogen-bond acceptors (Lipinski definition) is 2. The highest BCUT2D eigenvalue weighted by atomic mass is 35.5. The average molecular weight is 225 g/mol. The first-order valence-electron chi connectivity index (χ1n) is 5.01. The quantitative estimate of drug-likeness (QED) is 0.723. The number of carbonyl (C=O) groups is 1. The summed E-state index contributed by atoms with van der Waals surface area (Å²) in [6.45, 7) is 5.64. The number of halogens is 1. The summed E-state index contributed by atoms with van der Waals surface area (Å²) in [4.78, 5) is 17.7. The van der Waals surface area contributed by atoms with Crippen molar-refractivity contribution < 1.29 is 4.79 Å². The van der Waals surface area contributed by atoms with Crippen LogP contribution >= 0.6 is 11.6 Å². The summed E-state index contributed by atoms with van der Waals surface area (Å²) < 4.78 is 0. The molecule has 1 aliphatic rings. The van der Waals surface area contributed by atoms with Gasteiger partial charge >= 0.3 is 0 Å². The Morgan fingerprint density at radius 3 is 3.00 bits per heavy atom. The molecule has 15 heavy (non-hydrogen) atoms. The normalized spacial score (nSPS) is 14.9. The summed E-state index contributed by atoms with van der Waals surface area (Å²) in [6.07, 6.45) is 1.57. The molecule has 3 nitrogen and oxygen atoms in total. The largest absolute Gasteiger partial charge is 0.334 e. The van der Waals surface area contributed by atoms with Crippen molar-refractivity contribution >= 4 is 17.5 Å². The molecule has 0 N–H and O–H groups in total. The van der Waals surface area contributed by atoms with Crippen LogP contribution in [-0.4, -0.2) is 22.3 Å².